The Bertz CT molecular complexity index is 602. The third-order valence-electron chi connectivity index (χ3n) is 2.84. The minimum Gasteiger partial charge on any atom is -0.374 e. The molecule has 0 aliphatic rings. The van der Waals surface area contributed by atoms with E-state index in [2.05, 4.69) is 5.32 Å². The molecule has 20 heavy (non-hydrogen) atoms. The third-order valence-corrected chi connectivity index (χ3v) is 3.09. The summed E-state index contributed by atoms with van der Waals surface area (Å²) in [5.41, 5.74) is -0.164. The van der Waals surface area contributed by atoms with Crippen LogP contribution in [0.5, 0.6) is 0 Å². The van der Waals surface area contributed by atoms with Gasteiger partial charge in [-0.15, -0.1) is 0 Å². The Balaban J connectivity index is 2.32. The molecule has 2 aromatic carbocycles. The van der Waals surface area contributed by atoms with E-state index in [-0.39, 0.29) is 6.07 Å². The van der Waals surface area contributed by atoms with E-state index in [1.54, 1.807) is 31.2 Å². The second kappa shape index (κ2) is 5.71. The first-order valence-electron chi connectivity index (χ1n) is 5.75. The van der Waals surface area contributed by atoms with Crippen molar-refractivity contribution in [3.05, 3.63) is 64.2 Å². The molecule has 0 heterocycles. The van der Waals surface area contributed by atoms with Gasteiger partial charge in [-0.05, 0) is 24.6 Å². The van der Waals surface area contributed by atoms with Crippen molar-refractivity contribution in [1.82, 2.24) is 0 Å². The second-order valence-corrected chi connectivity index (χ2v) is 4.70. The predicted molar refractivity (Wildman–Crippen MR) is 69.8 cm³/mol. The summed E-state index contributed by atoms with van der Waals surface area (Å²) in [6.45, 7) is 1.60. The van der Waals surface area contributed by atoms with Crippen molar-refractivity contribution in [2.75, 3.05) is 5.32 Å². The SMILES string of the molecule is CC(Nc1c(F)c(F)cc(F)c1F)c1ccc(Cl)cc1. The van der Waals surface area contributed by atoms with Crippen molar-refractivity contribution >= 4 is 17.3 Å². The van der Waals surface area contributed by atoms with Gasteiger partial charge < -0.3 is 5.32 Å². The van der Waals surface area contributed by atoms with Gasteiger partial charge in [0.15, 0.2) is 23.3 Å². The Morgan fingerprint density at radius 1 is 0.950 bits per heavy atom. The molecule has 2 rings (SSSR count). The van der Waals surface area contributed by atoms with Gasteiger partial charge in [0.1, 0.15) is 5.69 Å². The first kappa shape index (κ1) is 14.7. The average molecular weight is 304 g/mol. The molecule has 0 saturated heterocycles. The van der Waals surface area contributed by atoms with Gasteiger partial charge in [0.05, 0.1) is 0 Å². The minimum absolute atomic E-state index is 0.169. The lowest BCUT2D eigenvalue weighted by Gasteiger charge is -2.17. The maximum absolute atomic E-state index is 13.5. The van der Waals surface area contributed by atoms with Gasteiger partial charge in [-0.3, -0.25) is 0 Å². The zero-order chi connectivity index (χ0) is 14.9. The van der Waals surface area contributed by atoms with Gasteiger partial charge in [-0.25, -0.2) is 17.6 Å². The summed E-state index contributed by atoms with van der Waals surface area (Å²) >= 11 is 5.73. The molecular weight excluding hydrogens is 294 g/mol. The molecule has 2 aromatic rings. The van der Waals surface area contributed by atoms with E-state index < -0.39 is 35.0 Å². The van der Waals surface area contributed by atoms with Gasteiger partial charge in [0.25, 0.3) is 0 Å². The highest BCUT2D eigenvalue weighted by Gasteiger charge is 2.20. The monoisotopic (exact) mass is 303 g/mol. The molecule has 0 fully saturated rings. The van der Waals surface area contributed by atoms with Crippen LogP contribution in [0, 0.1) is 23.3 Å². The van der Waals surface area contributed by atoms with Crippen LogP contribution in [0.4, 0.5) is 23.2 Å². The van der Waals surface area contributed by atoms with E-state index in [1.165, 1.54) is 0 Å². The maximum atomic E-state index is 13.5. The van der Waals surface area contributed by atoms with Crippen LogP contribution in [-0.4, -0.2) is 0 Å². The molecule has 0 aliphatic heterocycles. The van der Waals surface area contributed by atoms with E-state index in [1.807, 2.05) is 0 Å². The van der Waals surface area contributed by atoms with Crippen LogP contribution in [0.25, 0.3) is 0 Å². The number of anilines is 1. The largest absolute Gasteiger partial charge is 0.374 e. The third kappa shape index (κ3) is 2.88. The predicted octanol–water partition coefficient (Wildman–Crippen LogP) is 5.07. The van der Waals surface area contributed by atoms with E-state index in [0.717, 1.165) is 0 Å². The molecule has 1 N–H and O–H groups in total. The van der Waals surface area contributed by atoms with Gasteiger partial charge >= 0.3 is 0 Å². The Labute approximate surface area is 118 Å². The maximum Gasteiger partial charge on any atom is 0.185 e. The Kier molecular flexibility index (Phi) is 4.18. The van der Waals surface area contributed by atoms with Crippen LogP contribution in [0.1, 0.15) is 18.5 Å². The molecule has 106 valence electrons. The normalized spacial score (nSPS) is 12.3. The number of rotatable bonds is 3. The molecule has 0 bridgehead atoms. The fraction of sp³-hybridized carbons (Fsp3) is 0.143. The molecule has 1 unspecified atom stereocenters. The summed E-state index contributed by atoms with van der Waals surface area (Å²) in [7, 11) is 0. The molecule has 6 heteroatoms. The average Bonchev–Trinajstić information content (AvgIpc) is 2.42. The number of halogens is 5. The van der Waals surface area contributed by atoms with Crippen molar-refractivity contribution in [3.63, 3.8) is 0 Å². The van der Waals surface area contributed by atoms with Crippen LogP contribution >= 0.6 is 11.6 Å². The molecule has 1 atom stereocenters. The lowest BCUT2D eigenvalue weighted by Crippen LogP contribution is -2.11. The quantitative estimate of drug-likeness (QED) is 0.616. The zero-order valence-electron chi connectivity index (χ0n) is 10.4. The smallest absolute Gasteiger partial charge is 0.185 e. The summed E-state index contributed by atoms with van der Waals surface area (Å²) in [5, 5.41) is 2.93. The highest BCUT2D eigenvalue weighted by Crippen LogP contribution is 2.28. The van der Waals surface area contributed by atoms with Gasteiger partial charge in [0.2, 0.25) is 0 Å². The fourth-order valence-corrected chi connectivity index (χ4v) is 1.88. The lowest BCUT2D eigenvalue weighted by atomic mass is 10.1. The molecular formula is C14H10ClF4N. The number of hydrogen-bond donors (Lipinski definition) is 1. The number of nitrogens with one attached hydrogen (secondary N) is 1. The highest BCUT2D eigenvalue weighted by atomic mass is 35.5. The lowest BCUT2D eigenvalue weighted by molar-refractivity contribution is 0.457. The topological polar surface area (TPSA) is 12.0 Å². The Hall–Kier alpha value is -1.75. The molecule has 0 radical (unpaired) electrons. The summed E-state index contributed by atoms with van der Waals surface area (Å²) in [5.74, 6) is -5.81. The van der Waals surface area contributed by atoms with Crippen molar-refractivity contribution in [2.45, 2.75) is 13.0 Å². The molecule has 0 amide bonds. The summed E-state index contributed by atoms with van der Waals surface area (Å²) < 4.78 is 53.2. The number of hydrogen-bond acceptors (Lipinski definition) is 1. The van der Waals surface area contributed by atoms with E-state index in [0.29, 0.717) is 10.6 Å². The van der Waals surface area contributed by atoms with Gasteiger partial charge in [-0.2, -0.15) is 0 Å². The highest BCUT2D eigenvalue weighted by molar-refractivity contribution is 6.30. The van der Waals surface area contributed by atoms with E-state index in [9.17, 15) is 17.6 Å². The summed E-state index contributed by atoms with van der Waals surface area (Å²) in [6, 6.07) is 6.11. The molecule has 0 spiro atoms. The van der Waals surface area contributed by atoms with Gasteiger partial charge in [-0.1, -0.05) is 23.7 Å². The summed E-state index contributed by atoms with van der Waals surface area (Å²) in [4.78, 5) is 0. The van der Waals surface area contributed by atoms with Crippen LogP contribution in [0.3, 0.4) is 0 Å². The van der Waals surface area contributed by atoms with Crippen LogP contribution in [0.2, 0.25) is 5.02 Å². The molecule has 0 aromatic heterocycles. The minimum atomic E-state index is -1.45. The standard InChI is InChI=1S/C14H10ClF4N/c1-7(8-2-4-9(15)5-3-8)20-14-12(18)10(16)6-11(17)13(14)19/h2-7,20H,1H3. The molecule has 1 nitrogen and oxygen atoms in total. The fourth-order valence-electron chi connectivity index (χ4n) is 1.75. The number of benzene rings is 2. The van der Waals surface area contributed by atoms with Crippen LogP contribution in [0.15, 0.2) is 30.3 Å². The van der Waals surface area contributed by atoms with Crippen molar-refractivity contribution in [1.29, 1.82) is 0 Å². The van der Waals surface area contributed by atoms with Gasteiger partial charge in [0, 0.05) is 17.1 Å². The molecule has 0 saturated carbocycles. The van der Waals surface area contributed by atoms with Crippen molar-refractivity contribution < 1.29 is 17.6 Å². The Morgan fingerprint density at radius 2 is 1.45 bits per heavy atom. The summed E-state index contributed by atoms with van der Waals surface area (Å²) in [6.07, 6.45) is 0. The Morgan fingerprint density at radius 3 is 1.95 bits per heavy atom. The van der Waals surface area contributed by atoms with Crippen molar-refractivity contribution in [3.8, 4) is 0 Å². The molecule has 0 aliphatic carbocycles. The second-order valence-electron chi connectivity index (χ2n) is 4.26. The van der Waals surface area contributed by atoms with Crippen molar-refractivity contribution in [2.24, 2.45) is 0 Å². The first-order chi connectivity index (χ1) is 9.40. The van der Waals surface area contributed by atoms with Crippen LogP contribution in [-0.2, 0) is 0 Å². The van der Waals surface area contributed by atoms with Crippen LogP contribution < -0.4 is 5.32 Å². The first-order valence-corrected chi connectivity index (χ1v) is 6.13. The van der Waals surface area contributed by atoms with E-state index >= 15 is 0 Å². The zero-order valence-corrected chi connectivity index (χ0v) is 11.1. The van der Waals surface area contributed by atoms with E-state index in [4.69, 9.17) is 11.6 Å².